The predicted molar refractivity (Wildman–Crippen MR) is 82.3 cm³/mol. The lowest BCUT2D eigenvalue weighted by Crippen LogP contribution is -2.35. The number of carbonyl (C=O) groups is 1. The highest BCUT2D eigenvalue weighted by Crippen LogP contribution is 2.11. The van der Waals surface area contributed by atoms with Crippen LogP contribution in [0.15, 0.2) is 41.2 Å². The van der Waals surface area contributed by atoms with Gasteiger partial charge in [-0.25, -0.2) is 4.68 Å². The number of ether oxygens (including phenoxy) is 1. The number of benzene rings is 1. The fourth-order valence-electron chi connectivity index (χ4n) is 2.55. The Bertz CT molecular complexity index is 684. The van der Waals surface area contributed by atoms with Crippen LogP contribution in [0.3, 0.4) is 0 Å². The van der Waals surface area contributed by atoms with Crippen LogP contribution in [0.25, 0.3) is 5.69 Å². The maximum atomic E-state index is 12.1. The average molecular weight is 301 g/mol. The van der Waals surface area contributed by atoms with Crippen molar-refractivity contribution in [2.75, 3.05) is 13.2 Å². The maximum Gasteiger partial charge on any atom is 0.271 e. The Morgan fingerprint density at radius 2 is 2.14 bits per heavy atom. The highest BCUT2D eigenvalue weighted by atomic mass is 16.5. The molecule has 1 amide bonds. The zero-order valence-corrected chi connectivity index (χ0v) is 12.2. The van der Waals surface area contributed by atoms with Gasteiger partial charge in [-0.05, 0) is 31.4 Å². The van der Waals surface area contributed by atoms with E-state index in [9.17, 15) is 9.59 Å². The van der Waals surface area contributed by atoms with Crippen molar-refractivity contribution in [1.29, 1.82) is 0 Å². The Hall–Kier alpha value is -2.34. The molecule has 1 aromatic carbocycles. The second-order valence-corrected chi connectivity index (χ2v) is 5.38. The first-order chi connectivity index (χ1) is 10.7. The molecule has 0 spiro atoms. The SMILES string of the molecule is O=C(NCC1CCCCO1)c1cc(=O)n(-c2ccccc2)[nH]1. The molecule has 1 aromatic heterocycles. The summed E-state index contributed by atoms with van der Waals surface area (Å²) in [7, 11) is 0. The number of nitrogens with one attached hydrogen (secondary N) is 2. The summed E-state index contributed by atoms with van der Waals surface area (Å²) >= 11 is 0. The van der Waals surface area contributed by atoms with Gasteiger partial charge in [0.1, 0.15) is 5.69 Å². The normalized spacial score (nSPS) is 18.1. The Morgan fingerprint density at radius 3 is 2.86 bits per heavy atom. The van der Waals surface area contributed by atoms with E-state index >= 15 is 0 Å². The maximum absolute atomic E-state index is 12.1. The van der Waals surface area contributed by atoms with Crippen molar-refractivity contribution >= 4 is 5.91 Å². The minimum absolute atomic E-state index is 0.0700. The van der Waals surface area contributed by atoms with E-state index in [4.69, 9.17) is 4.74 Å². The van der Waals surface area contributed by atoms with Crippen LogP contribution in [0, 0.1) is 0 Å². The van der Waals surface area contributed by atoms with Crippen LogP contribution in [0.5, 0.6) is 0 Å². The Kier molecular flexibility index (Phi) is 4.39. The molecule has 0 radical (unpaired) electrons. The van der Waals surface area contributed by atoms with E-state index in [1.807, 2.05) is 18.2 Å². The van der Waals surface area contributed by atoms with Gasteiger partial charge >= 0.3 is 0 Å². The van der Waals surface area contributed by atoms with E-state index in [1.54, 1.807) is 12.1 Å². The third-order valence-corrected chi connectivity index (χ3v) is 3.74. The predicted octanol–water partition coefficient (Wildman–Crippen LogP) is 1.46. The van der Waals surface area contributed by atoms with E-state index in [2.05, 4.69) is 10.4 Å². The molecule has 3 rings (SSSR count). The van der Waals surface area contributed by atoms with Crippen LogP contribution < -0.4 is 10.9 Å². The minimum Gasteiger partial charge on any atom is -0.376 e. The Balaban J connectivity index is 1.67. The lowest BCUT2D eigenvalue weighted by atomic mass is 10.1. The Labute approximate surface area is 128 Å². The van der Waals surface area contributed by atoms with E-state index in [0.717, 1.165) is 25.9 Å². The van der Waals surface area contributed by atoms with Gasteiger partial charge in [-0.3, -0.25) is 14.7 Å². The quantitative estimate of drug-likeness (QED) is 0.897. The summed E-state index contributed by atoms with van der Waals surface area (Å²) in [5.74, 6) is -0.291. The smallest absolute Gasteiger partial charge is 0.271 e. The second kappa shape index (κ2) is 6.62. The van der Waals surface area contributed by atoms with Crippen molar-refractivity contribution in [2.45, 2.75) is 25.4 Å². The standard InChI is InChI=1S/C16H19N3O3/c20-15-10-14(18-19(15)12-6-2-1-3-7-12)16(21)17-11-13-8-4-5-9-22-13/h1-3,6-7,10,13,18H,4-5,8-9,11H2,(H,17,21). The number of H-pyrrole nitrogens is 1. The van der Waals surface area contributed by atoms with Crippen molar-refractivity contribution < 1.29 is 9.53 Å². The van der Waals surface area contributed by atoms with Gasteiger partial charge < -0.3 is 10.1 Å². The number of para-hydroxylation sites is 1. The summed E-state index contributed by atoms with van der Waals surface area (Å²) in [6.07, 6.45) is 3.24. The topological polar surface area (TPSA) is 76.1 Å². The van der Waals surface area contributed by atoms with Gasteiger partial charge in [-0.1, -0.05) is 18.2 Å². The molecule has 1 unspecified atom stereocenters. The number of carbonyl (C=O) groups excluding carboxylic acids is 1. The third-order valence-electron chi connectivity index (χ3n) is 3.74. The fourth-order valence-corrected chi connectivity index (χ4v) is 2.55. The molecule has 0 aliphatic carbocycles. The molecular formula is C16H19N3O3. The lowest BCUT2D eigenvalue weighted by Gasteiger charge is -2.22. The molecule has 1 saturated heterocycles. The molecular weight excluding hydrogens is 282 g/mol. The summed E-state index contributed by atoms with van der Waals surface area (Å²) in [5, 5.41) is 5.65. The zero-order chi connectivity index (χ0) is 15.4. The van der Waals surface area contributed by atoms with E-state index in [1.165, 1.54) is 10.7 Å². The monoisotopic (exact) mass is 301 g/mol. The number of aromatic nitrogens is 2. The van der Waals surface area contributed by atoms with Crippen LogP contribution in [0.4, 0.5) is 0 Å². The molecule has 22 heavy (non-hydrogen) atoms. The van der Waals surface area contributed by atoms with Gasteiger partial charge in [0.2, 0.25) is 0 Å². The minimum atomic E-state index is -0.291. The van der Waals surface area contributed by atoms with Gasteiger partial charge in [-0.2, -0.15) is 0 Å². The summed E-state index contributed by atoms with van der Waals surface area (Å²) in [6.45, 7) is 1.22. The molecule has 1 fully saturated rings. The molecule has 2 N–H and O–H groups in total. The van der Waals surface area contributed by atoms with Gasteiger partial charge in [0.25, 0.3) is 11.5 Å². The number of amides is 1. The third kappa shape index (κ3) is 3.28. The van der Waals surface area contributed by atoms with Crippen LogP contribution in [0.2, 0.25) is 0 Å². The molecule has 2 heterocycles. The van der Waals surface area contributed by atoms with Crippen LogP contribution in [0.1, 0.15) is 29.8 Å². The molecule has 116 valence electrons. The molecule has 6 nitrogen and oxygen atoms in total. The zero-order valence-electron chi connectivity index (χ0n) is 12.2. The molecule has 0 saturated carbocycles. The molecule has 6 heteroatoms. The summed E-state index contributed by atoms with van der Waals surface area (Å²) < 4.78 is 6.92. The number of nitrogens with zero attached hydrogens (tertiary/aromatic N) is 1. The number of rotatable bonds is 4. The van der Waals surface area contributed by atoms with Crippen molar-refractivity contribution in [1.82, 2.24) is 15.1 Å². The van der Waals surface area contributed by atoms with Gasteiger partial charge in [0.05, 0.1) is 11.8 Å². The second-order valence-electron chi connectivity index (χ2n) is 5.38. The van der Waals surface area contributed by atoms with Crippen molar-refractivity contribution in [3.05, 3.63) is 52.4 Å². The van der Waals surface area contributed by atoms with Gasteiger partial charge in [-0.15, -0.1) is 0 Å². The molecule has 2 aromatic rings. The van der Waals surface area contributed by atoms with E-state index in [-0.39, 0.29) is 23.3 Å². The fraction of sp³-hybridized carbons (Fsp3) is 0.375. The van der Waals surface area contributed by atoms with E-state index in [0.29, 0.717) is 12.2 Å². The van der Waals surface area contributed by atoms with E-state index < -0.39 is 0 Å². The molecule has 1 atom stereocenters. The summed E-state index contributed by atoms with van der Waals surface area (Å²) in [4.78, 5) is 24.1. The molecule has 1 aliphatic rings. The lowest BCUT2D eigenvalue weighted by molar-refractivity contribution is 0.0168. The largest absolute Gasteiger partial charge is 0.376 e. The van der Waals surface area contributed by atoms with Crippen molar-refractivity contribution in [3.63, 3.8) is 0 Å². The van der Waals surface area contributed by atoms with Crippen LogP contribution >= 0.6 is 0 Å². The summed E-state index contributed by atoms with van der Waals surface area (Å²) in [6, 6.07) is 10.5. The van der Waals surface area contributed by atoms with Crippen LogP contribution in [-0.2, 0) is 4.74 Å². The first-order valence-corrected chi connectivity index (χ1v) is 7.51. The first-order valence-electron chi connectivity index (χ1n) is 7.51. The number of hydrogen-bond donors (Lipinski definition) is 2. The summed E-state index contributed by atoms with van der Waals surface area (Å²) in [5.41, 5.74) is 0.692. The van der Waals surface area contributed by atoms with Gasteiger partial charge in [0.15, 0.2) is 0 Å². The number of hydrogen-bond acceptors (Lipinski definition) is 3. The highest BCUT2D eigenvalue weighted by molar-refractivity contribution is 5.92. The molecule has 1 aliphatic heterocycles. The van der Waals surface area contributed by atoms with Crippen molar-refractivity contribution in [3.8, 4) is 5.69 Å². The van der Waals surface area contributed by atoms with Crippen molar-refractivity contribution in [2.24, 2.45) is 0 Å². The highest BCUT2D eigenvalue weighted by Gasteiger charge is 2.17. The molecule has 0 bridgehead atoms. The van der Waals surface area contributed by atoms with Gasteiger partial charge in [0, 0.05) is 19.2 Å². The van der Waals surface area contributed by atoms with Crippen LogP contribution in [-0.4, -0.2) is 34.9 Å². The number of aromatic amines is 1. The Morgan fingerprint density at radius 1 is 1.32 bits per heavy atom. The average Bonchev–Trinajstić information content (AvgIpc) is 2.96. The first kappa shape index (κ1) is 14.6.